The van der Waals surface area contributed by atoms with Crippen molar-refractivity contribution in [1.82, 2.24) is 0 Å². The van der Waals surface area contributed by atoms with Gasteiger partial charge in [0.25, 0.3) is 5.69 Å². The summed E-state index contributed by atoms with van der Waals surface area (Å²) >= 11 is 0. The van der Waals surface area contributed by atoms with E-state index >= 15 is 0 Å². The first kappa shape index (κ1) is 13.4. The molecule has 1 unspecified atom stereocenters. The number of nitrogens with two attached hydrogens (primary N) is 1. The van der Waals surface area contributed by atoms with Crippen LogP contribution in [0.2, 0.25) is 0 Å². The van der Waals surface area contributed by atoms with E-state index in [9.17, 15) is 10.1 Å². The monoisotopic (exact) mass is 284 g/mol. The van der Waals surface area contributed by atoms with Gasteiger partial charge in [0.05, 0.1) is 10.6 Å². The average Bonchev–Trinajstić information content (AvgIpc) is 2.49. The van der Waals surface area contributed by atoms with Crippen LogP contribution in [0.15, 0.2) is 42.5 Å². The topological polar surface area (TPSA) is 78.4 Å². The third-order valence-electron chi connectivity index (χ3n) is 3.79. The number of nitro groups is 1. The molecule has 0 aromatic heterocycles. The van der Waals surface area contributed by atoms with Crippen molar-refractivity contribution < 1.29 is 9.66 Å². The zero-order valence-electron chi connectivity index (χ0n) is 11.5. The van der Waals surface area contributed by atoms with Gasteiger partial charge in [-0.25, -0.2) is 0 Å². The maximum absolute atomic E-state index is 10.7. The van der Waals surface area contributed by atoms with Gasteiger partial charge >= 0.3 is 0 Å². The molecule has 0 bridgehead atoms. The number of nitro benzene ring substituents is 1. The SMILES string of the molecule is Nc1cc([N+](=O)[O-])ccc1OC1CCCc2ccccc21. The van der Waals surface area contributed by atoms with Crippen molar-refractivity contribution in [3.8, 4) is 5.75 Å². The van der Waals surface area contributed by atoms with Crippen molar-refractivity contribution in [2.45, 2.75) is 25.4 Å². The largest absolute Gasteiger partial charge is 0.484 e. The number of non-ortho nitro benzene ring substituents is 1. The summed E-state index contributed by atoms with van der Waals surface area (Å²) in [5, 5.41) is 10.7. The highest BCUT2D eigenvalue weighted by Gasteiger charge is 2.22. The molecule has 2 aromatic rings. The number of ether oxygens (including phenoxy) is 1. The minimum atomic E-state index is -0.462. The van der Waals surface area contributed by atoms with E-state index < -0.39 is 4.92 Å². The predicted molar refractivity (Wildman–Crippen MR) is 80.3 cm³/mol. The van der Waals surface area contributed by atoms with Crippen LogP contribution < -0.4 is 10.5 Å². The quantitative estimate of drug-likeness (QED) is 0.530. The van der Waals surface area contributed by atoms with Crippen molar-refractivity contribution in [3.63, 3.8) is 0 Å². The highest BCUT2D eigenvalue weighted by atomic mass is 16.6. The van der Waals surface area contributed by atoms with Crippen LogP contribution in [0.3, 0.4) is 0 Å². The van der Waals surface area contributed by atoms with Gasteiger partial charge in [0, 0.05) is 12.1 Å². The maximum Gasteiger partial charge on any atom is 0.271 e. The van der Waals surface area contributed by atoms with E-state index in [4.69, 9.17) is 10.5 Å². The van der Waals surface area contributed by atoms with E-state index in [-0.39, 0.29) is 11.8 Å². The van der Waals surface area contributed by atoms with Gasteiger partial charge in [-0.1, -0.05) is 24.3 Å². The Morgan fingerprint density at radius 2 is 2.05 bits per heavy atom. The number of hydrogen-bond acceptors (Lipinski definition) is 4. The third kappa shape index (κ3) is 2.67. The van der Waals surface area contributed by atoms with Crippen molar-refractivity contribution >= 4 is 11.4 Å². The molecule has 21 heavy (non-hydrogen) atoms. The number of fused-ring (bicyclic) bond motifs is 1. The highest BCUT2D eigenvalue weighted by Crippen LogP contribution is 2.36. The molecule has 0 saturated heterocycles. The van der Waals surface area contributed by atoms with Crippen molar-refractivity contribution in [2.24, 2.45) is 0 Å². The summed E-state index contributed by atoms with van der Waals surface area (Å²) in [7, 11) is 0. The van der Waals surface area contributed by atoms with Crippen molar-refractivity contribution in [1.29, 1.82) is 0 Å². The lowest BCUT2D eigenvalue weighted by Gasteiger charge is -2.26. The lowest BCUT2D eigenvalue weighted by molar-refractivity contribution is -0.384. The first-order valence-corrected chi connectivity index (χ1v) is 6.93. The smallest absolute Gasteiger partial charge is 0.271 e. The Bertz CT molecular complexity index is 685. The molecular weight excluding hydrogens is 268 g/mol. The standard InChI is InChI=1S/C16H16N2O3/c17-14-10-12(18(19)20)8-9-16(14)21-15-7-3-5-11-4-1-2-6-13(11)15/h1-2,4,6,8-10,15H,3,5,7,17H2. The first-order valence-electron chi connectivity index (χ1n) is 6.93. The summed E-state index contributed by atoms with van der Waals surface area (Å²) < 4.78 is 6.00. The molecule has 5 heteroatoms. The van der Waals surface area contributed by atoms with Gasteiger partial charge in [-0.05, 0) is 36.5 Å². The van der Waals surface area contributed by atoms with Crippen LogP contribution >= 0.6 is 0 Å². The molecular formula is C16H16N2O3. The summed E-state index contributed by atoms with van der Waals surface area (Å²) in [6.45, 7) is 0. The molecule has 1 aliphatic carbocycles. The first-order chi connectivity index (χ1) is 10.1. The fourth-order valence-electron chi connectivity index (χ4n) is 2.74. The molecule has 1 atom stereocenters. The summed E-state index contributed by atoms with van der Waals surface area (Å²) in [4.78, 5) is 10.3. The number of rotatable bonds is 3. The Hall–Kier alpha value is -2.56. The van der Waals surface area contributed by atoms with Crippen LogP contribution in [-0.2, 0) is 6.42 Å². The van der Waals surface area contributed by atoms with Gasteiger partial charge in [0.2, 0.25) is 0 Å². The lowest BCUT2D eigenvalue weighted by Crippen LogP contribution is -2.15. The van der Waals surface area contributed by atoms with Gasteiger partial charge in [-0.3, -0.25) is 10.1 Å². The Balaban J connectivity index is 1.86. The van der Waals surface area contributed by atoms with Gasteiger partial charge in [-0.15, -0.1) is 0 Å². The lowest BCUT2D eigenvalue weighted by atomic mass is 9.89. The zero-order valence-corrected chi connectivity index (χ0v) is 11.5. The fourth-order valence-corrected chi connectivity index (χ4v) is 2.74. The molecule has 2 aromatic carbocycles. The summed E-state index contributed by atoms with van der Waals surface area (Å²) in [5.74, 6) is 0.502. The number of aryl methyl sites for hydroxylation is 1. The molecule has 3 rings (SSSR count). The Labute approximate surface area is 122 Å². The molecule has 0 radical (unpaired) electrons. The summed E-state index contributed by atoms with van der Waals surface area (Å²) in [6.07, 6.45) is 3.01. The number of nitrogens with zero attached hydrogens (tertiary/aromatic N) is 1. The van der Waals surface area contributed by atoms with Crippen LogP contribution in [0.1, 0.15) is 30.1 Å². The van der Waals surface area contributed by atoms with Gasteiger partial charge in [0.1, 0.15) is 11.9 Å². The predicted octanol–water partition coefficient (Wildman–Crippen LogP) is 3.63. The molecule has 2 N–H and O–H groups in total. The van der Waals surface area contributed by atoms with Crippen LogP contribution in [0.4, 0.5) is 11.4 Å². The molecule has 1 aliphatic rings. The van der Waals surface area contributed by atoms with Gasteiger partial charge < -0.3 is 10.5 Å². The second-order valence-corrected chi connectivity index (χ2v) is 5.18. The number of benzene rings is 2. The average molecular weight is 284 g/mol. The van der Waals surface area contributed by atoms with E-state index in [1.807, 2.05) is 12.1 Å². The van der Waals surface area contributed by atoms with Crippen LogP contribution in [0.25, 0.3) is 0 Å². The van der Waals surface area contributed by atoms with Crippen LogP contribution in [0.5, 0.6) is 5.75 Å². The normalized spacial score (nSPS) is 17.0. The second kappa shape index (κ2) is 5.44. The minimum absolute atomic E-state index is 0.0242. The Morgan fingerprint density at radius 3 is 2.81 bits per heavy atom. The highest BCUT2D eigenvalue weighted by molar-refractivity contribution is 5.58. The summed E-state index contributed by atoms with van der Waals surface area (Å²) in [6, 6.07) is 12.5. The zero-order chi connectivity index (χ0) is 14.8. The molecule has 0 heterocycles. The summed E-state index contributed by atoms with van der Waals surface area (Å²) in [5.41, 5.74) is 8.62. The van der Waals surface area contributed by atoms with Gasteiger partial charge in [0.15, 0.2) is 0 Å². The second-order valence-electron chi connectivity index (χ2n) is 5.18. The number of hydrogen-bond donors (Lipinski definition) is 1. The molecule has 0 amide bonds. The number of anilines is 1. The molecule has 108 valence electrons. The molecule has 0 saturated carbocycles. The van der Waals surface area contributed by atoms with E-state index in [1.54, 1.807) is 6.07 Å². The van der Waals surface area contributed by atoms with E-state index in [0.29, 0.717) is 11.4 Å². The van der Waals surface area contributed by atoms with E-state index in [2.05, 4.69) is 12.1 Å². The molecule has 0 fully saturated rings. The minimum Gasteiger partial charge on any atom is -0.484 e. The van der Waals surface area contributed by atoms with E-state index in [0.717, 1.165) is 19.3 Å². The Kier molecular flexibility index (Phi) is 3.48. The van der Waals surface area contributed by atoms with Crippen LogP contribution in [0, 0.1) is 10.1 Å². The van der Waals surface area contributed by atoms with E-state index in [1.165, 1.54) is 23.3 Å². The molecule has 5 nitrogen and oxygen atoms in total. The molecule has 0 spiro atoms. The number of nitrogen functional groups attached to an aromatic ring is 1. The van der Waals surface area contributed by atoms with Gasteiger partial charge in [-0.2, -0.15) is 0 Å². The Morgan fingerprint density at radius 1 is 1.24 bits per heavy atom. The van der Waals surface area contributed by atoms with Crippen molar-refractivity contribution in [3.05, 3.63) is 63.7 Å². The maximum atomic E-state index is 10.7. The fraction of sp³-hybridized carbons (Fsp3) is 0.250. The van der Waals surface area contributed by atoms with Crippen molar-refractivity contribution in [2.75, 3.05) is 5.73 Å². The van der Waals surface area contributed by atoms with Crippen LogP contribution in [-0.4, -0.2) is 4.92 Å². The third-order valence-corrected chi connectivity index (χ3v) is 3.79. The molecule has 0 aliphatic heterocycles.